The Morgan fingerprint density at radius 1 is 0.595 bits per heavy atom. The zero-order chi connectivity index (χ0) is 25.6. The van der Waals surface area contributed by atoms with E-state index in [2.05, 4.69) is 154 Å². The molecule has 5 aromatic carbocycles. The quantitative estimate of drug-likeness (QED) is 0.243. The third-order valence-electron chi connectivity index (χ3n) is 7.65. The van der Waals surface area contributed by atoms with E-state index < -0.39 is 0 Å². The lowest BCUT2D eigenvalue weighted by molar-refractivity contribution is 0.661. The van der Waals surface area contributed by atoms with Gasteiger partial charge in [-0.3, -0.25) is 0 Å². The number of rotatable bonds is 5. The second kappa shape index (κ2) is 8.94. The van der Waals surface area contributed by atoms with Crippen molar-refractivity contribution in [2.45, 2.75) is 26.2 Å². The van der Waals surface area contributed by atoms with Crippen LogP contribution >= 0.6 is 0 Å². The molecule has 0 N–H and O–H groups in total. The average Bonchev–Trinajstić information content (AvgIpc) is 3.17. The van der Waals surface area contributed by atoms with Crippen LogP contribution in [0, 0.1) is 0 Å². The van der Waals surface area contributed by atoms with Crippen LogP contribution in [0.3, 0.4) is 0 Å². The normalized spacial score (nSPS) is 13.1. The number of allylic oxidation sites excluding steroid dienone is 1. The Bertz CT molecular complexity index is 1590. The number of hydrogen-bond donors (Lipinski definition) is 0. The molecule has 1 aliphatic carbocycles. The largest absolute Gasteiger partial charge is 0.310 e. The highest BCUT2D eigenvalue weighted by atomic mass is 15.1. The lowest BCUT2D eigenvalue weighted by atomic mass is 9.81. The summed E-state index contributed by atoms with van der Waals surface area (Å²) in [6.07, 6.45) is 0. The van der Waals surface area contributed by atoms with Crippen LogP contribution in [-0.2, 0) is 5.41 Å². The highest BCUT2D eigenvalue weighted by Crippen LogP contribution is 2.54. The highest BCUT2D eigenvalue weighted by molar-refractivity contribution is 5.90. The second-order valence-electron chi connectivity index (χ2n) is 10.4. The van der Waals surface area contributed by atoms with Gasteiger partial charge in [-0.25, -0.2) is 0 Å². The summed E-state index contributed by atoms with van der Waals surface area (Å²) in [5.41, 5.74) is 13.5. The standard InChI is InChI=1S/C36H31N/c1-25(2)26-17-21-29(22-18-26)37(30-23-19-28(20-24-30)27-11-6-5-7-12-27)34-16-10-14-32-31-13-8-9-15-33(31)36(3,4)35(32)34/h5-24H,1H2,2-4H3. The molecule has 0 amide bonds. The number of hydrogen-bond acceptors (Lipinski definition) is 1. The predicted octanol–water partition coefficient (Wildman–Crippen LogP) is 10.2. The van der Waals surface area contributed by atoms with Gasteiger partial charge in [0.25, 0.3) is 0 Å². The molecule has 0 spiro atoms. The summed E-state index contributed by atoms with van der Waals surface area (Å²) < 4.78 is 0. The Hall–Kier alpha value is -4.36. The molecule has 1 nitrogen and oxygen atoms in total. The van der Waals surface area contributed by atoms with Gasteiger partial charge in [-0.15, -0.1) is 0 Å². The van der Waals surface area contributed by atoms with Crippen molar-refractivity contribution >= 4 is 22.6 Å². The second-order valence-corrected chi connectivity index (χ2v) is 10.4. The first-order chi connectivity index (χ1) is 17.9. The Morgan fingerprint density at radius 2 is 1.16 bits per heavy atom. The van der Waals surface area contributed by atoms with Crippen LogP contribution in [0.2, 0.25) is 0 Å². The third kappa shape index (κ3) is 3.88. The maximum absolute atomic E-state index is 4.13. The minimum absolute atomic E-state index is 0.109. The van der Waals surface area contributed by atoms with Crippen LogP contribution < -0.4 is 4.90 Å². The van der Waals surface area contributed by atoms with Crippen molar-refractivity contribution in [2.75, 3.05) is 4.90 Å². The fourth-order valence-electron chi connectivity index (χ4n) is 5.76. The summed E-state index contributed by atoms with van der Waals surface area (Å²) in [6.45, 7) is 10.9. The Morgan fingerprint density at radius 3 is 1.84 bits per heavy atom. The Kier molecular flexibility index (Phi) is 5.57. The van der Waals surface area contributed by atoms with E-state index in [4.69, 9.17) is 0 Å². The molecule has 5 aromatic rings. The molecule has 0 radical (unpaired) electrons. The first-order valence-corrected chi connectivity index (χ1v) is 12.9. The molecule has 0 fully saturated rings. The zero-order valence-corrected chi connectivity index (χ0v) is 21.7. The minimum atomic E-state index is -0.109. The van der Waals surface area contributed by atoms with Gasteiger partial charge in [0.15, 0.2) is 0 Å². The molecule has 0 atom stereocenters. The van der Waals surface area contributed by atoms with Crippen molar-refractivity contribution in [2.24, 2.45) is 0 Å². The monoisotopic (exact) mass is 477 g/mol. The van der Waals surface area contributed by atoms with Gasteiger partial charge in [-0.2, -0.15) is 0 Å². The summed E-state index contributed by atoms with van der Waals surface area (Å²) in [7, 11) is 0. The van der Waals surface area contributed by atoms with E-state index in [1.165, 1.54) is 39.1 Å². The van der Waals surface area contributed by atoms with Crippen molar-refractivity contribution in [3.05, 3.63) is 145 Å². The number of anilines is 3. The van der Waals surface area contributed by atoms with Gasteiger partial charge in [0, 0.05) is 16.8 Å². The SMILES string of the molecule is C=C(C)c1ccc(N(c2ccc(-c3ccccc3)cc2)c2cccc3c2C(C)(C)c2ccccc2-3)cc1. The fraction of sp³-hybridized carbons (Fsp3) is 0.111. The molecular formula is C36H31N. The van der Waals surface area contributed by atoms with Gasteiger partial charge in [-0.1, -0.05) is 117 Å². The van der Waals surface area contributed by atoms with Crippen LogP contribution in [0.15, 0.2) is 128 Å². The van der Waals surface area contributed by atoms with Crippen LogP contribution in [0.25, 0.3) is 27.8 Å². The lowest BCUT2D eigenvalue weighted by Crippen LogP contribution is -2.20. The van der Waals surface area contributed by atoms with E-state index >= 15 is 0 Å². The topological polar surface area (TPSA) is 3.24 Å². The molecule has 0 heterocycles. The minimum Gasteiger partial charge on any atom is -0.310 e. The summed E-state index contributed by atoms with van der Waals surface area (Å²) >= 11 is 0. The first-order valence-electron chi connectivity index (χ1n) is 12.9. The summed E-state index contributed by atoms with van der Waals surface area (Å²) in [5.74, 6) is 0. The lowest BCUT2D eigenvalue weighted by Gasteiger charge is -2.32. The van der Waals surface area contributed by atoms with Crippen LogP contribution in [0.4, 0.5) is 17.1 Å². The van der Waals surface area contributed by atoms with E-state index in [1.54, 1.807) is 0 Å². The molecule has 37 heavy (non-hydrogen) atoms. The van der Waals surface area contributed by atoms with Crippen LogP contribution in [0.5, 0.6) is 0 Å². The first kappa shape index (κ1) is 23.1. The van der Waals surface area contributed by atoms with Gasteiger partial charge in [-0.05, 0) is 76.2 Å². The molecule has 0 saturated carbocycles. The van der Waals surface area contributed by atoms with E-state index in [0.29, 0.717) is 0 Å². The van der Waals surface area contributed by atoms with Crippen molar-refractivity contribution in [1.82, 2.24) is 0 Å². The summed E-state index contributed by atoms with van der Waals surface area (Å²) in [6, 6.07) is 43.8. The van der Waals surface area contributed by atoms with Gasteiger partial charge in [0.1, 0.15) is 0 Å². The van der Waals surface area contributed by atoms with Crippen molar-refractivity contribution < 1.29 is 0 Å². The summed E-state index contributed by atoms with van der Waals surface area (Å²) in [5, 5.41) is 0. The maximum atomic E-state index is 4.13. The molecule has 1 aliphatic rings. The molecule has 0 aliphatic heterocycles. The molecule has 1 heteroatoms. The smallest absolute Gasteiger partial charge is 0.0508 e. The molecule has 0 aromatic heterocycles. The van der Waals surface area contributed by atoms with Crippen molar-refractivity contribution in [3.63, 3.8) is 0 Å². The highest BCUT2D eigenvalue weighted by Gasteiger charge is 2.38. The third-order valence-corrected chi connectivity index (χ3v) is 7.65. The number of nitrogens with zero attached hydrogens (tertiary/aromatic N) is 1. The van der Waals surface area contributed by atoms with Gasteiger partial charge in [0.05, 0.1) is 5.69 Å². The van der Waals surface area contributed by atoms with Gasteiger partial charge >= 0.3 is 0 Å². The van der Waals surface area contributed by atoms with Gasteiger partial charge < -0.3 is 4.90 Å². The van der Waals surface area contributed by atoms with E-state index in [0.717, 1.165) is 22.5 Å². The zero-order valence-electron chi connectivity index (χ0n) is 21.7. The van der Waals surface area contributed by atoms with Crippen molar-refractivity contribution in [1.29, 1.82) is 0 Å². The van der Waals surface area contributed by atoms with Crippen molar-refractivity contribution in [3.8, 4) is 22.3 Å². The molecular weight excluding hydrogens is 446 g/mol. The maximum Gasteiger partial charge on any atom is 0.0508 e. The Labute approximate surface area is 220 Å². The van der Waals surface area contributed by atoms with Gasteiger partial charge in [0.2, 0.25) is 0 Å². The number of benzene rings is 5. The molecule has 0 bridgehead atoms. The van der Waals surface area contributed by atoms with Crippen LogP contribution in [0.1, 0.15) is 37.5 Å². The molecule has 180 valence electrons. The van der Waals surface area contributed by atoms with E-state index in [-0.39, 0.29) is 5.41 Å². The van der Waals surface area contributed by atoms with Crippen LogP contribution in [-0.4, -0.2) is 0 Å². The van der Waals surface area contributed by atoms with E-state index in [1.807, 2.05) is 0 Å². The predicted molar refractivity (Wildman–Crippen MR) is 159 cm³/mol. The number of fused-ring (bicyclic) bond motifs is 3. The summed E-state index contributed by atoms with van der Waals surface area (Å²) in [4.78, 5) is 2.41. The van der Waals surface area contributed by atoms with E-state index in [9.17, 15) is 0 Å². The molecule has 0 unspecified atom stereocenters. The average molecular weight is 478 g/mol. The Balaban J connectivity index is 1.54. The molecule has 6 rings (SSSR count). The molecule has 0 saturated heterocycles. The fourth-order valence-corrected chi connectivity index (χ4v) is 5.76.